The Morgan fingerprint density at radius 3 is 2.44 bits per heavy atom. The number of benzene rings is 2. The lowest BCUT2D eigenvalue weighted by Gasteiger charge is -2.29. The average Bonchev–Trinajstić information content (AvgIpc) is 2.86. The molecule has 0 bridgehead atoms. The molecule has 0 saturated heterocycles. The highest BCUT2D eigenvalue weighted by atomic mass is 19.4. The van der Waals surface area contributed by atoms with Crippen molar-refractivity contribution in [2.45, 2.75) is 24.9 Å². The van der Waals surface area contributed by atoms with Crippen LogP contribution >= 0.6 is 0 Å². The number of fused-ring (bicyclic) bond motifs is 1. The molecule has 2 aromatic carbocycles. The van der Waals surface area contributed by atoms with Gasteiger partial charge in [-0.1, -0.05) is 18.2 Å². The number of halogens is 3. The van der Waals surface area contributed by atoms with Gasteiger partial charge in [-0.3, -0.25) is 4.79 Å². The molecular weight excluding hydrogens is 417 g/mol. The van der Waals surface area contributed by atoms with Crippen LogP contribution in [0.3, 0.4) is 0 Å². The zero-order valence-corrected chi connectivity index (χ0v) is 18.7. The summed E-state index contributed by atoms with van der Waals surface area (Å²) in [6.45, 7) is 4.82. The largest absolute Gasteiger partial charge is 0.497 e. The summed E-state index contributed by atoms with van der Waals surface area (Å²) >= 11 is 0. The summed E-state index contributed by atoms with van der Waals surface area (Å²) in [4.78, 5) is 17.3. The minimum Gasteiger partial charge on any atom is -0.497 e. The van der Waals surface area contributed by atoms with Crippen LogP contribution in [0, 0.1) is 5.92 Å². The van der Waals surface area contributed by atoms with Crippen molar-refractivity contribution in [3.63, 3.8) is 0 Å². The molecule has 0 N–H and O–H groups in total. The minimum atomic E-state index is -4.45. The Morgan fingerprint density at radius 2 is 1.88 bits per heavy atom. The molecule has 1 aliphatic rings. The van der Waals surface area contributed by atoms with Gasteiger partial charge >= 0.3 is 6.18 Å². The van der Waals surface area contributed by atoms with Crippen molar-refractivity contribution < 1.29 is 22.7 Å². The molecule has 0 aromatic heterocycles. The Morgan fingerprint density at radius 1 is 1.19 bits per heavy atom. The molecule has 1 heterocycles. The number of nitrogens with zero attached hydrogens (tertiary/aromatic N) is 2. The van der Waals surface area contributed by atoms with Crippen molar-refractivity contribution in [2.75, 3.05) is 39.2 Å². The van der Waals surface area contributed by atoms with Gasteiger partial charge in [-0.15, -0.1) is 6.58 Å². The standard InChI is InChI=1S/C25H29F3N2O2/c1-5-6-21-22(17-7-10-20(32-4)11-8-17)16-18-15-19(25(26,27)28)9-12-23(18)30(24(21)31)14-13-29(2)3/h5,7-12,15,21-22H,1,6,13-14,16H2,2-4H3/t21-,22+/m0/s1. The first kappa shape index (κ1) is 23.9. The summed E-state index contributed by atoms with van der Waals surface area (Å²) in [6.07, 6.45) is -1.97. The Kier molecular flexibility index (Phi) is 7.29. The van der Waals surface area contributed by atoms with Gasteiger partial charge in [0.1, 0.15) is 5.75 Å². The van der Waals surface area contributed by atoms with Crippen molar-refractivity contribution >= 4 is 11.6 Å². The fourth-order valence-corrected chi connectivity index (χ4v) is 4.24. The van der Waals surface area contributed by atoms with E-state index in [9.17, 15) is 18.0 Å². The van der Waals surface area contributed by atoms with Gasteiger partial charge in [0, 0.05) is 24.7 Å². The molecule has 0 radical (unpaired) electrons. The summed E-state index contributed by atoms with van der Waals surface area (Å²) in [7, 11) is 5.37. The monoisotopic (exact) mass is 446 g/mol. The quantitative estimate of drug-likeness (QED) is 0.552. The zero-order chi connectivity index (χ0) is 23.5. The number of methoxy groups -OCH3 is 1. The molecule has 3 rings (SSSR count). The van der Waals surface area contributed by atoms with Crippen LogP contribution < -0.4 is 9.64 Å². The number of amides is 1. The van der Waals surface area contributed by atoms with E-state index in [-0.39, 0.29) is 11.8 Å². The maximum Gasteiger partial charge on any atom is 0.416 e. The fraction of sp³-hybridized carbons (Fsp3) is 0.400. The van der Waals surface area contributed by atoms with Gasteiger partial charge in [-0.2, -0.15) is 13.2 Å². The number of hydrogen-bond donors (Lipinski definition) is 0. The van der Waals surface area contributed by atoms with E-state index in [1.165, 1.54) is 12.1 Å². The van der Waals surface area contributed by atoms with Crippen molar-refractivity contribution in [3.05, 3.63) is 71.8 Å². The van der Waals surface area contributed by atoms with Crippen molar-refractivity contribution in [2.24, 2.45) is 5.92 Å². The highest BCUT2D eigenvalue weighted by molar-refractivity contribution is 5.97. The minimum absolute atomic E-state index is 0.0916. The summed E-state index contributed by atoms with van der Waals surface area (Å²) < 4.78 is 45.7. The Balaban J connectivity index is 2.13. The second-order valence-electron chi connectivity index (χ2n) is 8.35. The third-order valence-corrected chi connectivity index (χ3v) is 5.94. The predicted molar refractivity (Wildman–Crippen MR) is 120 cm³/mol. The fourth-order valence-electron chi connectivity index (χ4n) is 4.24. The Labute approximate surface area is 187 Å². The van der Waals surface area contributed by atoms with Crippen molar-refractivity contribution in [1.29, 1.82) is 0 Å². The number of rotatable bonds is 7. The van der Waals surface area contributed by atoms with E-state index in [2.05, 4.69) is 6.58 Å². The molecular formula is C25H29F3N2O2. The lowest BCUT2D eigenvalue weighted by molar-refractivity contribution is -0.137. The predicted octanol–water partition coefficient (Wildman–Crippen LogP) is 5.14. The van der Waals surface area contributed by atoms with Crippen LogP contribution in [-0.2, 0) is 17.4 Å². The van der Waals surface area contributed by atoms with Crippen LogP contribution in [-0.4, -0.2) is 45.1 Å². The summed E-state index contributed by atoms with van der Waals surface area (Å²) in [5, 5.41) is 0. The van der Waals surface area contributed by atoms with Gasteiger partial charge in [0.2, 0.25) is 5.91 Å². The van der Waals surface area contributed by atoms with E-state index >= 15 is 0 Å². The number of anilines is 1. The maximum absolute atomic E-state index is 13.7. The first-order valence-electron chi connectivity index (χ1n) is 10.6. The first-order chi connectivity index (χ1) is 15.2. The lowest BCUT2D eigenvalue weighted by Crippen LogP contribution is -2.41. The van der Waals surface area contributed by atoms with Crippen LogP contribution in [0.1, 0.15) is 29.0 Å². The third-order valence-electron chi connectivity index (χ3n) is 5.94. The Bertz CT molecular complexity index is 955. The van der Waals surface area contributed by atoms with Crippen LogP contribution in [0.5, 0.6) is 5.75 Å². The molecule has 0 saturated carbocycles. The van der Waals surface area contributed by atoms with E-state index < -0.39 is 17.7 Å². The highest BCUT2D eigenvalue weighted by Gasteiger charge is 2.39. The molecule has 172 valence electrons. The number of carbonyl (C=O) groups is 1. The molecule has 32 heavy (non-hydrogen) atoms. The maximum atomic E-state index is 13.7. The number of alkyl halides is 3. The molecule has 0 spiro atoms. The van der Waals surface area contributed by atoms with Crippen LogP contribution in [0.15, 0.2) is 55.1 Å². The molecule has 7 heteroatoms. The van der Waals surface area contributed by atoms with Gasteiger partial charge in [0.05, 0.1) is 12.7 Å². The van der Waals surface area contributed by atoms with Gasteiger partial charge in [-0.05, 0) is 74.3 Å². The normalized spacial score (nSPS) is 19.0. The number of allylic oxidation sites excluding steroid dienone is 1. The summed E-state index contributed by atoms with van der Waals surface area (Å²) in [6, 6.07) is 11.1. The molecule has 1 amide bonds. The van der Waals surface area contributed by atoms with Crippen LogP contribution in [0.4, 0.5) is 18.9 Å². The molecule has 0 fully saturated rings. The van der Waals surface area contributed by atoms with Crippen molar-refractivity contribution in [3.8, 4) is 5.75 Å². The van der Waals surface area contributed by atoms with Crippen LogP contribution in [0.25, 0.3) is 0 Å². The van der Waals surface area contributed by atoms with Gasteiger partial charge in [-0.25, -0.2) is 0 Å². The SMILES string of the molecule is C=CC[C@@H]1C(=O)N(CCN(C)C)c2ccc(C(F)(F)F)cc2C[C@@H]1c1ccc(OC)cc1. The molecule has 4 nitrogen and oxygen atoms in total. The van der Waals surface area contributed by atoms with E-state index in [1.54, 1.807) is 18.1 Å². The smallest absolute Gasteiger partial charge is 0.416 e. The second kappa shape index (κ2) is 9.77. The van der Waals surface area contributed by atoms with E-state index in [0.717, 1.165) is 11.6 Å². The molecule has 0 unspecified atom stereocenters. The van der Waals surface area contributed by atoms with Crippen molar-refractivity contribution in [1.82, 2.24) is 4.90 Å². The summed E-state index contributed by atoms with van der Waals surface area (Å²) in [5.41, 5.74) is 1.27. The van der Waals surface area contributed by atoms with Gasteiger partial charge < -0.3 is 14.5 Å². The molecule has 1 aliphatic heterocycles. The number of ether oxygens (including phenoxy) is 1. The molecule has 2 aromatic rings. The molecule has 0 aliphatic carbocycles. The number of carbonyl (C=O) groups excluding carboxylic acids is 1. The first-order valence-corrected chi connectivity index (χ1v) is 10.6. The number of likely N-dealkylation sites (N-methyl/N-ethyl adjacent to an activating group) is 1. The van der Waals surface area contributed by atoms with E-state index in [1.807, 2.05) is 43.3 Å². The highest BCUT2D eigenvalue weighted by Crippen LogP contribution is 2.42. The zero-order valence-electron chi connectivity index (χ0n) is 18.7. The third kappa shape index (κ3) is 5.15. The van der Waals surface area contributed by atoms with Gasteiger partial charge in [0.15, 0.2) is 0 Å². The topological polar surface area (TPSA) is 32.8 Å². The average molecular weight is 447 g/mol. The van der Waals surface area contributed by atoms with E-state index in [4.69, 9.17) is 4.74 Å². The van der Waals surface area contributed by atoms with E-state index in [0.29, 0.717) is 42.9 Å². The summed E-state index contributed by atoms with van der Waals surface area (Å²) in [5.74, 6) is -0.116. The van der Waals surface area contributed by atoms with Gasteiger partial charge in [0.25, 0.3) is 0 Å². The lowest BCUT2D eigenvalue weighted by atomic mass is 9.80. The molecule has 2 atom stereocenters. The Hall–Kier alpha value is -2.80. The van der Waals surface area contributed by atoms with Crippen LogP contribution in [0.2, 0.25) is 0 Å². The number of hydrogen-bond acceptors (Lipinski definition) is 3. The second-order valence-corrected chi connectivity index (χ2v) is 8.35.